The summed E-state index contributed by atoms with van der Waals surface area (Å²) < 4.78 is 0. The van der Waals surface area contributed by atoms with E-state index in [2.05, 4.69) is 32.4 Å². The number of aromatic nitrogens is 3. The summed E-state index contributed by atoms with van der Waals surface area (Å²) in [7, 11) is 1.97. The zero-order chi connectivity index (χ0) is 13.8. The third kappa shape index (κ3) is 2.51. The molecule has 0 aliphatic rings. The highest BCUT2D eigenvalue weighted by atomic mass is 14.9. The second kappa shape index (κ2) is 5.75. The third-order valence-corrected chi connectivity index (χ3v) is 3.42. The number of nitrogens with one attached hydrogen (secondary N) is 1. The Bertz CT molecular complexity index is 692. The van der Waals surface area contributed by atoms with Gasteiger partial charge < -0.3 is 5.32 Å². The summed E-state index contributed by atoms with van der Waals surface area (Å²) in [5.41, 5.74) is 4.25. The predicted octanol–water partition coefficient (Wildman–Crippen LogP) is 2.53. The maximum atomic E-state index is 4.47. The van der Waals surface area contributed by atoms with Crippen LogP contribution >= 0.6 is 0 Å². The van der Waals surface area contributed by atoms with Gasteiger partial charge in [0.2, 0.25) is 0 Å². The monoisotopic (exact) mass is 264 g/mol. The molecule has 0 saturated carbocycles. The highest BCUT2D eigenvalue weighted by Crippen LogP contribution is 2.23. The minimum absolute atomic E-state index is 0.194. The van der Waals surface area contributed by atoms with Crippen molar-refractivity contribution in [3.05, 3.63) is 66.2 Å². The molecule has 1 unspecified atom stereocenters. The summed E-state index contributed by atoms with van der Waals surface area (Å²) in [5.74, 6) is 0. The Hall–Kier alpha value is -2.33. The van der Waals surface area contributed by atoms with Crippen LogP contribution in [0.15, 0.2) is 55.1 Å². The zero-order valence-electron chi connectivity index (χ0n) is 11.3. The molecule has 2 heterocycles. The molecule has 4 nitrogen and oxygen atoms in total. The standard InChI is InChI=1S/C16H16N4/c1-17-15(10-12-4-3-7-18-11-12)13-5-2-6-14-16(13)20-9-8-19-14/h2-9,11,15,17H,10H2,1H3. The number of hydrogen-bond donors (Lipinski definition) is 1. The number of benzene rings is 1. The predicted molar refractivity (Wildman–Crippen MR) is 79.3 cm³/mol. The highest BCUT2D eigenvalue weighted by molar-refractivity contribution is 5.78. The van der Waals surface area contributed by atoms with Crippen LogP contribution in [0.2, 0.25) is 0 Å². The SMILES string of the molecule is CNC(Cc1cccnc1)c1cccc2nccnc12. The molecule has 1 aromatic carbocycles. The fourth-order valence-electron chi connectivity index (χ4n) is 2.42. The van der Waals surface area contributed by atoms with Crippen molar-refractivity contribution in [2.75, 3.05) is 7.05 Å². The maximum Gasteiger partial charge on any atom is 0.0934 e. The molecule has 0 radical (unpaired) electrons. The fourth-order valence-corrected chi connectivity index (χ4v) is 2.42. The zero-order valence-corrected chi connectivity index (χ0v) is 11.3. The lowest BCUT2D eigenvalue weighted by atomic mass is 9.98. The topological polar surface area (TPSA) is 50.7 Å². The van der Waals surface area contributed by atoms with Gasteiger partial charge in [0.05, 0.1) is 11.0 Å². The molecule has 1 N–H and O–H groups in total. The van der Waals surface area contributed by atoms with Crippen molar-refractivity contribution in [3.63, 3.8) is 0 Å². The van der Waals surface area contributed by atoms with Crippen molar-refractivity contribution in [1.29, 1.82) is 0 Å². The average Bonchev–Trinajstić information content (AvgIpc) is 2.53. The summed E-state index contributed by atoms with van der Waals surface area (Å²) in [6, 6.07) is 10.4. The van der Waals surface area contributed by atoms with Crippen LogP contribution in [-0.4, -0.2) is 22.0 Å². The Balaban J connectivity index is 1.99. The second-order valence-corrected chi connectivity index (χ2v) is 4.68. The van der Waals surface area contributed by atoms with Gasteiger partial charge in [-0.1, -0.05) is 18.2 Å². The van der Waals surface area contributed by atoms with E-state index in [1.54, 1.807) is 18.6 Å². The molecule has 0 spiro atoms. The van der Waals surface area contributed by atoms with Crippen LogP contribution in [-0.2, 0) is 6.42 Å². The second-order valence-electron chi connectivity index (χ2n) is 4.68. The molecule has 0 aliphatic carbocycles. The smallest absolute Gasteiger partial charge is 0.0934 e. The maximum absolute atomic E-state index is 4.47. The molecule has 100 valence electrons. The van der Waals surface area contributed by atoms with Crippen LogP contribution in [0.1, 0.15) is 17.2 Å². The van der Waals surface area contributed by atoms with Gasteiger partial charge in [0.15, 0.2) is 0 Å². The molecule has 0 aliphatic heterocycles. The minimum atomic E-state index is 0.194. The summed E-state index contributed by atoms with van der Waals surface area (Å²) >= 11 is 0. The molecule has 0 amide bonds. The van der Waals surface area contributed by atoms with Crippen molar-refractivity contribution in [2.45, 2.75) is 12.5 Å². The van der Waals surface area contributed by atoms with Gasteiger partial charge in [0, 0.05) is 30.8 Å². The van der Waals surface area contributed by atoms with E-state index in [9.17, 15) is 0 Å². The molecule has 3 rings (SSSR count). The van der Waals surface area contributed by atoms with Crippen molar-refractivity contribution in [2.24, 2.45) is 0 Å². The van der Waals surface area contributed by atoms with Gasteiger partial charge in [0.25, 0.3) is 0 Å². The Morgan fingerprint density at radius 1 is 1.05 bits per heavy atom. The molecule has 20 heavy (non-hydrogen) atoms. The van der Waals surface area contributed by atoms with Crippen LogP contribution in [0.25, 0.3) is 11.0 Å². The molecular formula is C16H16N4. The quantitative estimate of drug-likeness (QED) is 0.786. The number of fused-ring (bicyclic) bond motifs is 1. The average molecular weight is 264 g/mol. The Kier molecular flexibility index (Phi) is 3.65. The highest BCUT2D eigenvalue weighted by Gasteiger charge is 2.14. The van der Waals surface area contributed by atoms with Gasteiger partial charge in [-0.25, -0.2) is 0 Å². The van der Waals surface area contributed by atoms with Gasteiger partial charge >= 0.3 is 0 Å². The molecule has 2 aromatic heterocycles. The number of likely N-dealkylation sites (N-methyl/N-ethyl adjacent to an activating group) is 1. The third-order valence-electron chi connectivity index (χ3n) is 3.42. The first kappa shape index (κ1) is 12.7. The van der Waals surface area contributed by atoms with E-state index in [1.807, 2.05) is 31.4 Å². The van der Waals surface area contributed by atoms with Crippen molar-refractivity contribution in [1.82, 2.24) is 20.3 Å². The summed E-state index contributed by atoms with van der Waals surface area (Å²) in [6.07, 6.45) is 8.03. The summed E-state index contributed by atoms with van der Waals surface area (Å²) in [4.78, 5) is 13.0. The molecular weight excluding hydrogens is 248 g/mol. The fraction of sp³-hybridized carbons (Fsp3) is 0.188. The molecule has 0 bridgehead atoms. The Labute approximate surface area is 117 Å². The van der Waals surface area contributed by atoms with Crippen LogP contribution < -0.4 is 5.32 Å². The van der Waals surface area contributed by atoms with Gasteiger partial charge in [-0.2, -0.15) is 0 Å². The first-order valence-electron chi connectivity index (χ1n) is 6.64. The summed E-state index contributed by atoms with van der Waals surface area (Å²) in [5, 5.41) is 3.36. The lowest BCUT2D eigenvalue weighted by molar-refractivity contribution is 0.594. The van der Waals surface area contributed by atoms with Gasteiger partial charge in [-0.15, -0.1) is 0 Å². The number of para-hydroxylation sites is 1. The van der Waals surface area contributed by atoms with E-state index >= 15 is 0 Å². The van der Waals surface area contributed by atoms with Gasteiger partial charge in [-0.3, -0.25) is 15.0 Å². The molecule has 0 saturated heterocycles. The molecule has 0 fully saturated rings. The Morgan fingerprint density at radius 2 is 1.95 bits per heavy atom. The number of pyridine rings is 1. The molecule has 4 heteroatoms. The van der Waals surface area contributed by atoms with Crippen molar-refractivity contribution in [3.8, 4) is 0 Å². The van der Waals surface area contributed by atoms with E-state index in [0.29, 0.717) is 0 Å². The van der Waals surface area contributed by atoms with E-state index in [4.69, 9.17) is 0 Å². The first-order chi connectivity index (χ1) is 9.88. The van der Waals surface area contributed by atoms with E-state index in [1.165, 1.54) is 11.1 Å². The molecule has 1 atom stereocenters. The summed E-state index contributed by atoms with van der Waals surface area (Å²) in [6.45, 7) is 0. The van der Waals surface area contributed by atoms with Crippen molar-refractivity contribution < 1.29 is 0 Å². The lowest BCUT2D eigenvalue weighted by Gasteiger charge is -2.17. The van der Waals surface area contributed by atoms with Crippen LogP contribution in [0.4, 0.5) is 0 Å². The largest absolute Gasteiger partial charge is 0.313 e. The number of hydrogen-bond acceptors (Lipinski definition) is 4. The van der Waals surface area contributed by atoms with E-state index in [0.717, 1.165) is 17.5 Å². The lowest BCUT2D eigenvalue weighted by Crippen LogP contribution is -2.19. The van der Waals surface area contributed by atoms with Crippen LogP contribution in [0.3, 0.4) is 0 Å². The molecule has 3 aromatic rings. The normalized spacial score (nSPS) is 12.4. The Morgan fingerprint density at radius 3 is 2.75 bits per heavy atom. The van der Waals surface area contributed by atoms with Gasteiger partial charge in [0.1, 0.15) is 0 Å². The van der Waals surface area contributed by atoms with Crippen LogP contribution in [0, 0.1) is 0 Å². The minimum Gasteiger partial charge on any atom is -0.313 e. The number of rotatable bonds is 4. The van der Waals surface area contributed by atoms with Gasteiger partial charge in [-0.05, 0) is 36.7 Å². The van der Waals surface area contributed by atoms with E-state index < -0.39 is 0 Å². The van der Waals surface area contributed by atoms with Crippen LogP contribution in [0.5, 0.6) is 0 Å². The first-order valence-corrected chi connectivity index (χ1v) is 6.64. The van der Waals surface area contributed by atoms with E-state index in [-0.39, 0.29) is 6.04 Å². The van der Waals surface area contributed by atoms with Crippen molar-refractivity contribution >= 4 is 11.0 Å². The number of nitrogens with zero attached hydrogens (tertiary/aromatic N) is 3.